The van der Waals surface area contributed by atoms with Gasteiger partial charge in [0.2, 0.25) is 0 Å². The molecule has 0 rings (SSSR count). The van der Waals surface area contributed by atoms with Crippen molar-refractivity contribution in [3.8, 4) is 0 Å². The van der Waals surface area contributed by atoms with Crippen molar-refractivity contribution in [3.05, 3.63) is 12.7 Å². The Hall–Kier alpha value is -0.880. The monoisotopic (exact) mass is 320 g/mol. The van der Waals surface area contributed by atoms with Gasteiger partial charge < -0.3 is 4.74 Å². The normalized spacial score (nSPS) is 12.9. The number of carbonyl (C=O) groups is 1. The lowest BCUT2D eigenvalue weighted by molar-refractivity contribution is -0.141. The fourth-order valence-corrected chi connectivity index (χ4v) is 2.70. The molecule has 1 atom stereocenters. The van der Waals surface area contributed by atoms with Crippen molar-refractivity contribution in [2.75, 3.05) is 12.9 Å². The SMILES string of the molecule is C=CCC(CCCCCCCCOC(C)=O)OS(C)(=O)=O. The molecule has 5 nitrogen and oxygen atoms in total. The summed E-state index contributed by atoms with van der Waals surface area (Å²) in [5, 5.41) is 0. The van der Waals surface area contributed by atoms with E-state index in [-0.39, 0.29) is 12.1 Å². The van der Waals surface area contributed by atoms with Gasteiger partial charge in [0.05, 0.1) is 19.0 Å². The fourth-order valence-electron chi connectivity index (χ4n) is 2.04. The van der Waals surface area contributed by atoms with Crippen molar-refractivity contribution < 1.29 is 22.1 Å². The number of carbonyl (C=O) groups excluding carboxylic acids is 1. The van der Waals surface area contributed by atoms with E-state index in [9.17, 15) is 13.2 Å². The standard InChI is InChI=1S/C15H28O5S/c1-4-11-15(20-21(3,17)18)12-9-7-5-6-8-10-13-19-14(2)16/h4,15H,1,5-13H2,2-3H3. The van der Waals surface area contributed by atoms with Crippen LogP contribution in [0.4, 0.5) is 0 Å². The van der Waals surface area contributed by atoms with Crippen LogP contribution in [-0.4, -0.2) is 33.4 Å². The molecule has 0 aliphatic rings. The van der Waals surface area contributed by atoms with Gasteiger partial charge in [-0.1, -0.05) is 38.2 Å². The van der Waals surface area contributed by atoms with E-state index in [1.54, 1.807) is 6.08 Å². The van der Waals surface area contributed by atoms with Crippen LogP contribution in [-0.2, 0) is 23.8 Å². The van der Waals surface area contributed by atoms with Gasteiger partial charge in [-0.25, -0.2) is 0 Å². The van der Waals surface area contributed by atoms with Crippen LogP contribution in [0.2, 0.25) is 0 Å². The Morgan fingerprint density at radius 2 is 1.71 bits per heavy atom. The molecule has 0 aromatic rings. The zero-order chi connectivity index (χ0) is 16.1. The maximum Gasteiger partial charge on any atom is 0.302 e. The van der Waals surface area contributed by atoms with Crippen molar-refractivity contribution in [1.29, 1.82) is 0 Å². The summed E-state index contributed by atoms with van der Waals surface area (Å²) >= 11 is 0. The number of hydrogen-bond acceptors (Lipinski definition) is 5. The highest BCUT2D eigenvalue weighted by molar-refractivity contribution is 7.86. The van der Waals surface area contributed by atoms with Gasteiger partial charge in [-0.15, -0.1) is 6.58 Å². The molecule has 124 valence electrons. The highest BCUT2D eigenvalue weighted by Crippen LogP contribution is 2.14. The second-order valence-corrected chi connectivity index (χ2v) is 6.80. The molecular formula is C15H28O5S. The van der Waals surface area contributed by atoms with E-state index in [1.807, 2.05) is 0 Å². The lowest BCUT2D eigenvalue weighted by Gasteiger charge is -2.14. The van der Waals surface area contributed by atoms with Gasteiger partial charge in [0.15, 0.2) is 0 Å². The second-order valence-electron chi connectivity index (χ2n) is 5.20. The molecule has 0 saturated carbocycles. The first-order valence-corrected chi connectivity index (χ1v) is 9.29. The van der Waals surface area contributed by atoms with Crippen LogP contribution < -0.4 is 0 Å². The second kappa shape index (κ2) is 11.7. The Labute approximate surface area is 128 Å². The van der Waals surface area contributed by atoms with Gasteiger partial charge in [-0.05, 0) is 19.3 Å². The number of ether oxygens (including phenoxy) is 1. The molecule has 0 fully saturated rings. The Morgan fingerprint density at radius 1 is 1.14 bits per heavy atom. The van der Waals surface area contributed by atoms with Crippen LogP contribution in [0.1, 0.15) is 58.3 Å². The molecule has 21 heavy (non-hydrogen) atoms. The van der Waals surface area contributed by atoms with Crippen molar-refractivity contribution in [2.45, 2.75) is 64.4 Å². The van der Waals surface area contributed by atoms with E-state index in [2.05, 4.69) is 6.58 Å². The zero-order valence-electron chi connectivity index (χ0n) is 13.2. The Morgan fingerprint density at radius 3 is 2.24 bits per heavy atom. The highest BCUT2D eigenvalue weighted by Gasteiger charge is 2.13. The maximum absolute atomic E-state index is 11.1. The molecular weight excluding hydrogens is 292 g/mol. The molecule has 0 spiro atoms. The average molecular weight is 320 g/mol. The minimum atomic E-state index is -3.40. The molecule has 0 bridgehead atoms. The van der Waals surface area contributed by atoms with Crippen LogP contribution in [0.3, 0.4) is 0 Å². The van der Waals surface area contributed by atoms with Crippen molar-refractivity contribution in [2.24, 2.45) is 0 Å². The maximum atomic E-state index is 11.1. The van der Waals surface area contributed by atoms with Crippen LogP contribution in [0.15, 0.2) is 12.7 Å². The van der Waals surface area contributed by atoms with E-state index in [1.165, 1.54) is 6.92 Å². The number of hydrogen-bond donors (Lipinski definition) is 0. The quantitative estimate of drug-likeness (QED) is 0.225. The van der Waals surface area contributed by atoms with Gasteiger partial charge >= 0.3 is 5.97 Å². The summed E-state index contributed by atoms with van der Waals surface area (Å²) in [5.41, 5.74) is 0. The molecule has 0 saturated heterocycles. The first kappa shape index (κ1) is 20.1. The Kier molecular flexibility index (Phi) is 11.3. The summed E-state index contributed by atoms with van der Waals surface area (Å²) in [6, 6.07) is 0. The van der Waals surface area contributed by atoms with E-state index < -0.39 is 10.1 Å². The van der Waals surface area contributed by atoms with E-state index >= 15 is 0 Å². The number of rotatable bonds is 13. The Bertz CT molecular complexity index is 389. The van der Waals surface area contributed by atoms with Gasteiger partial charge in [-0.3, -0.25) is 8.98 Å². The zero-order valence-corrected chi connectivity index (χ0v) is 14.0. The van der Waals surface area contributed by atoms with Crippen molar-refractivity contribution in [1.82, 2.24) is 0 Å². The van der Waals surface area contributed by atoms with E-state index in [0.717, 1.165) is 51.2 Å². The van der Waals surface area contributed by atoms with E-state index in [4.69, 9.17) is 8.92 Å². The van der Waals surface area contributed by atoms with Crippen molar-refractivity contribution in [3.63, 3.8) is 0 Å². The van der Waals surface area contributed by atoms with Crippen LogP contribution in [0.25, 0.3) is 0 Å². The molecule has 0 heterocycles. The summed E-state index contributed by atoms with van der Waals surface area (Å²) < 4.78 is 32.1. The number of esters is 1. The minimum Gasteiger partial charge on any atom is -0.466 e. The topological polar surface area (TPSA) is 69.7 Å². The van der Waals surface area contributed by atoms with Gasteiger partial charge in [0, 0.05) is 6.92 Å². The summed E-state index contributed by atoms with van der Waals surface area (Å²) in [6.45, 7) is 5.53. The molecule has 1 unspecified atom stereocenters. The average Bonchev–Trinajstić information content (AvgIpc) is 2.34. The third-order valence-electron chi connectivity index (χ3n) is 2.97. The predicted molar refractivity (Wildman–Crippen MR) is 83.5 cm³/mol. The van der Waals surface area contributed by atoms with Crippen molar-refractivity contribution >= 4 is 16.1 Å². The largest absolute Gasteiger partial charge is 0.466 e. The molecule has 0 N–H and O–H groups in total. The van der Waals surface area contributed by atoms with Gasteiger partial charge in [0.25, 0.3) is 10.1 Å². The molecule has 0 aliphatic carbocycles. The van der Waals surface area contributed by atoms with Gasteiger partial charge in [0.1, 0.15) is 0 Å². The lowest BCUT2D eigenvalue weighted by Crippen LogP contribution is -2.16. The first-order valence-electron chi connectivity index (χ1n) is 7.47. The highest BCUT2D eigenvalue weighted by atomic mass is 32.2. The van der Waals surface area contributed by atoms with Crippen LogP contribution in [0.5, 0.6) is 0 Å². The smallest absolute Gasteiger partial charge is 0.302 e. The summed E-state index contributed by atoms with van der Waals surface area (Å²) in [4.78, 5) is 10.5. The molecule has 0 amide bonds. The van der Waals surface area contributed by atoms with Crippen LogP contribution >= 0.6 is 0 Å². The Balaban J connectivity index is 3.58. The molecule has 0 aromatic heterocycles. The lowest BCUT2D eigenvalue weighted by atomic mass is 10.1. The van der Waals surface area contributed by atoms with Gasteiger partial charge in [-0.2, -0.15) is 8.42 Å². The third-order valence-corrected chi connectivity index (χ3v) is 3.59. The van der Waals surface area contributed by atoms with Crippen LogP contribution in [0, 0.1) is 0 Å². The van der Waals surface area contributed by atoms with E-state index in [0.29, 0.717) is 13.0 Å². The molecule has 0 aliphatic heterocycles. The first-order chi connectivity index (χ1) is 9.85. The molecule has 0 radical (unpaired) electrons. The molecule has 0 aromatic carbocycles. The molecule has 6 heteroatoms. The third kappa shape index (κ3) is 15.3. The summed E-state index contributed by atoms with van der Waals surface area (Å²) in [6.07, 6.45) is 9.88. The minimum absolute atomic E-state index is 0.228. The predicted octanol–water partition coefficient (Wildman–Crippen LogP) is 3.20. The summed E-state index contributed by atoms with van der Waals surface area (Å²) in [7, 11) is -3.40. The summed E-state index contributed by atoms with van der Waals surface area (Å²) in [5.74, 6) is -0.228. The fraction of sp³-hybridized carbons (Fsp3) is 0.800. The number of unbranched alkanes of at least 4 members (excludes halogenated alkanes) is 5.